The van der Waals surface area contributed by atoms with Crippen molar-refractivity contribution in [3.05, 3.63) is 29.8 Å². The summed E-state index contributed by atoms with van der Waals surface area (Å²) < 4.78 is 4.90. The summed E-state index contributed by atoms with van der Waals surface area (Å²) in [7, 11) is 0. The fourth-order valence-corrected chi connectivity index (χ4v) is 0.879. The molecule has 2 N–H and O–H groups in total. The Morgan fingerprint density at radius 2 is 2.23 bits per heavy atom. The minimum atomic E-state index is -1.02. The van der Waals surface area contributed by atoms with E-state index in [1.807, 2.05) is 0 Å². The average molecular weight is 182 g/mol. The van der Waals surface area contributed by atoms with E-state index in [1.165, 1.54) is 0 Å². The number of aliphatic hydroxyl groups excluding tert-OH is 1. The van der Waals surface area contributed by atoms with Gasteiger partial charge in [0.15, 0.2) is 6.61 Å². The van der Waals surface area contributed by atoms with E-state index in [0.29, 0.717) is 11.3 Å². The summed E-state index contributed by atoms with van der Waals surface area (Å²) in [6.45, 7) is -0.445. The number of carbonyl (C=O) groups is 1. The first kappa shape index (κ1) is 9.54. The summed E-state index contributed by atoms with van der Waals surface area (Å²) in [4.78, 5) is 10.2. The van der Waals surface area contributed by atoms with Gasteiger partial charge in [0.25, 0.3) is 0 Å². The van der Waals surface area contributed by atoms with Crippen LogP contribution in [0.1, 0.15) is 5.56 Å². The van der Waals surface area contributed by atoms with E-state index in [4.69, 9.17) is 14.9 Å². The van der Waals surface area contributed by atoms with Gasteiger partial charge in [0.05, 0.1) is 6.61 Å². The van der Waals surface area contributed by atoms with Crippen molar-refractivity contribution in [3.63, 3.8) is 0 Å². The molecule has 0 bridgehead atoms. The van der Waals surface area contributed by atoms with Crippen molar-refractivity contribution in [2.45, 2.75) is 6.61 Å². The number of carboxylic acids is 1. The molecule has 0 radical (unpaired) electrons. The molecular weight excluding hydrogens is 172 g/mol. The second-order valence-corrected chi connectivity index (χ2v) is 2.49. The maximum absolute atomic E-state index is 10.2. The molecule has 4 heteroatoms. The molecule has 4 nitrogen and oxygen atoms in total. The number of rotatable bonds is 4. The standard InChI is InChI=1S/C9H10O4/c10-5-7-2-1-3-8(4-7)13-6-9(11)12/h1-4,10H,5-6H2,(H,11,12). The highest BCUT2D eigenvalue weighted by atomic mass is 16.5. The van der Waals surface area contributed by atoms with E-state index in [-0.39, 0.29) is 13.2 Å². The van der Waals surface area contributed by atoms with Crippen LogP contribution in [-0.4, -0.2) is 22.8 Å². The summed E-state index contributed by atoms with van der Waals surface area (Å²) in [5.41, 5.74) is 0.697. The largest absolute Gasteiger partial charge is 0.482 e. The van der Waals surface area contributed by atoms with Gasteiger partial charge in [0.1, 0.15) is 5.75 Å². The van der Waals surface area contributed by atoms with Gasteiger partial charge in [0.2, 0.25) is 0 Å². The Morgan fingerprint density at radius 3 is 2.85 bits per heavy atom. The summed E-state index contributed by atoms with van der Waals surface area (Å²) in [5.74, 6) is -0.566. The summed E-state index contributed by atoms with van der Waals surface area (Å²) in [6.07, 6.45) is 0. The maximum Gasteiger partial charge on any atom is 0.341 e. The highest BCUT2D eigenvalue weighted by Crippen LogP contribution is 2.12. The minimum Gasteiger partial charge on any atom is -0.482 e. The van der Waals surface area contributed by atoms with Gasteiger partial charge in [-0.3, -0.25) is 0 Å². The van der Waals surface area contributed by atoms with Gasteiger partial charge in [-0.25, -0.2) is 4.79 Å². The topological polar surface area (TPSA) is 66.8 Å². The molecule has 0 heterocycles. The summed E-state index contributed by atoms with van der Waals surface area (Å²) in [5, 5.41) is 17.1. The number of aliphatic hydroxyl groups is 1. The third-order valence-corrected chi connectivity index (χ3v) is 1.44. The molecule has 0 unspecified atom stereocenters. The zero-order valence-corrected chi connectivity index (χ0v) is 6.93. The third kappa shape index (κ3) is 3.13. The average Bonchev–Trinajstić information content (AvgIpc) is 2.15. The zero-order chi connectivity index (χ0) is 9.68. The third-order valence-electron chi connectivity index (χ3n) is 1.44. The molecule has 13 heavy (non-hydrogen) atoms. The van der Waals surface area contributed by atoms with Gasteiger partial charge in [0, 0.05) is 0 Å². The lowest BCUT2D eigenvalue weighted by atomic mass is 10.2. The molecule has 0 fully saturated rings. The smallest absolute Gasteiger partial charge is 0.341 e. The van der Waals surface area contributed by atoms with Gasteiger partial charge in [-0.1, -0.05) is 12.1 Å². The first-order valence-corrected chi connectivity index (χ1v) is 3.77. The van der Waals surface area contributed by atoms with E-state index < -0.39 is 5.97 Å². The molecule has 70 valence electrons. The molecule has 0 saturated heterocycles. The highest BCUT2D eigenvalue weighted by molar-refractivity contribution is 5.68. The molecule has 0 amide bonds. The van der Waals surface area contributed by atoms with Crippen LogP contribution in [0.25, 0.3) is 0 Å². The van der Waals surface area contributed by atoms with Gasteiger partial charge < -0.3 is 14.9 Å². The normalized spacial score (nSPS) is 9.62. The van der Waals surface area contributed by atoms with Crippen LogP contribution in [0.3, 0.4) is 0 Å². The Morgan fingerprint density at radius 1 is 1.46 bits per heavy atom. The Hall–Kier alpha value is -1.55. The molecule has 0 atom stereocenters. The van der Waals surface area contributed by atoms with Crippen molar-refractivity contribution in [2.75, 3.05) is 6.61 Å². The number of ether oxygens (including phenoxy) is 1. The second kappa shape index (κ2) is 4.47. The molecule has 1 aromatic rings. The molecule has 1 rings (SSSR count). The summed E-state index contributed by atoms with van der Waals surface area (Å²) in [6, 6.07) is 6.67. The fraction of sp³-hybridized carbons (Fsp3) is 0.222. The van der Waals surface area contributed by atoms with Crippen molar-refractivity contribution >= 4 is 5.97 Å². The molecule has 0 spiro atoms. The summed E-state index contributed by atoms with van der Waals surface area (Å²) >= 11 is 0. The van der Waals surface area contributed by atoms with Gasteiger partial charge in [-0.05, 0) is 17.7 Å². The molecule has 0 aromatic heterocycles. The predicted octanol–water partition coefficient (Wildman–Crippen LogP) is 0.642. The number of benzene rings is 1. The molecule has 0 aliphatic carbocycles. The zero-order valence-electron chi connectivity index (χ0n) is 6.93. The number of hydrogen-bond acceptors (Lipinski definition) is 3. The monoisotopic (exact) mass is 182 g/mol. The fourth-order valence-electron chi connectivity index (χ4n) is 0.879. The van der Waals surface area contributed by atoms with Crippen molar-refractivity contribution in [1.82, 2.24) is 0 Å². The minimum absolute atomic E-state index is 0.0791. The van der Waals surface area contributed by atoms with Crippen LogP contribution in [-0.2, 0) is 11.4 Å². The van der Waals surface area contributed by atoms with Crippen LogP contribution >= 0.6 is 0 Å². The Bertz CT molecular complexity index is 295. The van der Waals surface area contributed by atoms with E-state index in [9.17, 15) is 4.79 Å². The van der Waals surface area contributed by atoms with Crippen LogP contribution in [0.4, 0.5) is 0 Å². The first-order valence-electron chi connectivity index (χ1n) is 3.77. The van der Waals surface area contributed by atoms with E-state index in [0.717, 1.165) is 0 Å². The van der Waals surface area contributed by atoms with Crippen molar-refractivity contribution in [3.8, 4) is 5.75 Å². The van der Waals surface area contributed by atoms with Crippen LogP contribution in [0, 0.1) is 0 Å². The quantitative estimate of drug-likeness (QED) is 0.717. The van der Waals surface area contributed by atoms with Crippen LogP contribution in [0.2, 0.25) is 0 Å². The lowest BCUT2D eigenvalue weighted by Gasteiger charge is -2.03. The number of carboxylic acid groups (broad SMARTS) is 1. The molecule has 1 aromatic carbocycles. The Labute approximate surface area is 75.4 Å². The Balaban J connectivity index is 2.61. The maximum atomic E-state index is 10.2. The second-order valence-electron chi connectivity index (χ2n) is 2.49. The predicted molar refractivity (Wildman–Crippen MR) is 45.5 cm³/mol. The molecule has 0 aliphatic rings. The lowest BCUT2D eigenvalue weighted by Crippen LogP contribution is -2.09. The lowest BCUT2D eigenvalue weighted by molar-refractivity contribution is -0.139. The number of aliphatic carboxylic acids is 1. The SMILES string of the molecule is O=C(O)COc1cccc(CO)c1. The van der Waals surface area contributed by atoms with Gasteiger partial charge in [-0.2, -0.15) is 0 Å². The first-order chi connectivity index (χ1) is 6.22. The van der Waals surface area contributed by atoms with E-state index >= 15 is 0 Å². The van der Waals surface area contributed by atoms with Gasteiger partial charge in [-0.15, -0.1) is 0 Å². The van der Waals surface area contributed by atoms with Crippen LogP contribution in [0.15, 0.2) is 24.3 Å². The van der Waals surface area contributed by atoms with Crippen LogP contribution < -0.4 is 4.74 Å². The highest BCUT2D eigenvalue weighted by Gasteiger charge is 1.99. The van der Waals surface area contributed by atoms with Crippen LogP contribution in [0.5, 0.6) is 5.75 Å². The van der Waals surface area contributed by atoms with Crippen molar-refractivity contribution in [1.29, 1.82) is 0 Å². The number of hydrogen-bond donors (Lipinski definition) is 2. The van der Waals surface area contributed by atoms with Crippen molar-refractivity contribution < 1.29 is 19.7 Å². The Kier molecular flexibility index (Phi) is 3.28. The molecule has 0 aliphatic heterocycles. The van der Waals surface area contributed by atoms with Crippen molar-refractivity contribution in [2.24, 2.45) is 0 Å². The van der Waals surface area contributed by atoms with E-state index in [1.54, 1.807) is 24.3 Å². The van der Waals surface area contributed by atoms with E-state index in [2.05, 4.69) is 0 Å². The van der Waals surface area contributed by atoms with Gasteiger partial charge >= 0.3 is 5.97 Å². The molecular formula is C9H10O4. The molecule has 0 saturated carbocycles.